The van der Waals surface area contributed by atoms with Crippen LogP contribution in [-0.2, 0) is 75.5 Å². The fourth-order valence-corrected chi connectivity index (χ4v) is 8.40. The maximum atomic E-state index is 14.0. The van der Waals surface area contributed by atoms with Crippen LogP contribution < -0.4 is 42.5 Å². The highest BCUT2D eigenvalue weighted by Crippen LogP contribution is 2.16. The molecular formula is C57H79N9O14S. The molecule has 442 valence electrons. The van der Waals surface area contributed by atoms with E-state index in [2.05, 4.69) is 42.5 Å². The molecule has 3 aromatic rings. The van der Waals surface area contributed by atoms with Gasteiger partial charge in [-0.25, -0.2) is 9.59 Å². The summed E-state index contributed by atoms with van der Waals surface area (Å²) in [5.41, 5.74) is 1.31. The van der Waals surface area contributed by atoms with Gasteiger partial charge in [0.05, 0.1) is 30.8 Å². The topological polar surface area (TPSA) is 326 Å². The highest BCUT2D eigenvalue weighted by Gasteiger charge is 2.35. The van der Waals surface area contributed by atoms with Crippen molar-refractivity contribution in [2.24, 2.45) is 11.8 Å². The third-order valence-electron chi connectivity index (χ3n) is 12.1. The Balaban J connectivity index is 1.68. The first-order chi connectivity index (χ1) is 38.0. The lowest BCUT2D eigenvalue weighted by Crippen LogP contribution is -2.60. The predicted molar refractivity (Wildman–Crippen MR) is 302 cm³/mol. The van der Waals surface area contributed by atoms with Gasteiger partial charge >= 0.3 is 18.0 Å². The van der Waals surface area contributed by atoms with Gasteiger partial charge in [0.1, 0.15) is 53.9 Å². The zero-order valence-corrected chi connectivity index (χ0v) is 48.6. The molecule has 81 heavy (non-hydrogen) atoms. The monoisotopic (exact) mass is 1150 g/mol. The van der Waals surface area contributed by atoms with Crippen molar-refractivity contribution in [2.75, 3.05) is 13.6 Å². The van der Waals surface area contributed by atoms with Crippen LogP contribution in [0.1, 0.15) is 98.8 Å². The van der Waals surface area contributed by atoms with Crippen LogP contribution in [0.15, 0.2) is 91.0 Å². The van der Waals surface area contributed by atoms with Crippen LogP contribution in [0, 0.1) is 11.8 Å². The number of alkyl carbamates (subject to hydrolysis) is 1. The van der Waals surface area contributed by atoms with Crippen LogP contribution in [0.4, 0.5) is 4.79 Å². The van der Waals surface area contributed by atoms with E-state index < -0.39 is 138 Å². The average Bonchev–Trinajstić information content (AvgIpc) is 3.40. The summed E-state index contributed by atoms with van der Waals surface area (Å²) < 4.78 is 10.4. The Bertz CT molecular complexity index is 2620. The van der Waals surface area contributed by atoms with Crippen molar-refractivity contribution in [3.8, 4) is 0 Å². The number of carbonyl (C=O) groups is 11. The summed E-state index contributed by atoms with van der Waals surface area (Å²) in [5, 5.41) is 30.2. The molecular weight excluding hydrogens is 1070 g/mol. The molecule has 0 saturated heterocycles. The first-order valence-corrected chi connectivity index (χ1v) is 27.5. The van der Waals surface area contributed by atoms with E-state index in [1.165, 1.54) is 27.8 Å². The third-order valence-corrected chi connectivity index (χ3v) is 12.9. The number of nitrogens with one attached hydrogen (secondary N) is 8. The molecule has 0 aliphatic carbocycles. The molecule has 24 heteroatoms. The molecule has 0 radical (unpaired) electrons. The number of carbonyl (C=O) groups excluding carboxylic acids is 10. The van der Waals surface area contributed by atoms with Crippen molar-refractivity contribution in [1.29, 1.82) is 0 Å². The molecule has 0 aliphatic heterocycles. The van der Waals surface area contributed by atoms with Crippen LogP contribution in [0.25, 0.3) is 0 Å². The number of nitrogens with zero attached hydrogens (tertiary/aromatic N) is 1. The Morgan fingerprint density at radius 1 is 0.556 bits per heavy atom. The number of benzene rings is 3. The van der Waals surface area contributed by atoms with Gasteiger partial charge in [-0.1, -0.05) is 119 Å². The van der Waals surface area contributed by atoms with E-state index in [0.717, 1.165) is 22.5 Å². The molecule has 23 nitrogen and oxygen atoms in total. The molecule has 0 spiro atoms. The summed E-state index contributed by atoms with van der Waals surface area (Å²) in [7, 11) is 1.37. The van der Waals surface area contributed by atoms with Crippen molar-refractivity contribution in [1.82, 2.24) is 47.4 Å². The molecule has 9 amide bonds. The quantitative estimate of drug-likeness (QED) is 0.0434. The minimum atomic E-state index is -1.72. The molecule has 0 heterocycles. The van der Waals surface area contributed by atoms with Gasteiger partial charge in [0.15, 0.2) is 0 Å². The molecule has 0 aromatic heterocycles. The van der Waals surface area contributed by atoms with Crippen LogP contribution in [0.5, 0.6) is 0 Å². The fourth-order valence-electron chi connectivity index (χ4n) is 7.81. The lowest BCUT2D eigenvalue weighted by atomic mass is 10.00. The SMILES string of the molecule is CC(C)C[C@H](NC(=O)CNC(=O)[C@H](Cc1ccccc1)N(C)C(=O)[C@H](C)NC(=O)[C@H](C)NC(=O)OC(C)(C)C)C(=O)N[C@@H](C)C(=O)N[C@H](C(=O)N[C@@H](Cc1ccccc1)C(=O)N[C@@H](CC(=O)OSCc1ccccc1)C(=O)O)C(C)C. The lowest BCUT2D eigenvalue weighted by molar-refractivity contribution is -0.146. The van der Waals surface area contributed by atoms with Gasteiger partial charge < -0.3 is 61.5 Å². The summed E-state index contributed by atoms with van der Waals surface area (Å²) in [5.74, 6) is -9.04. The van der Waals surface area contributed by atoms with Crippen LogP contribution in [0.3, 0.4) is 0 Å². The number of carboxylic acid groups (broad SMARTS) is 1. The zero-order valence-electron chi connectivity index (χ0n) is 47.8. The Hall–Kier alpha value is -8.02. The molecule has 8 atom stereocenters. The molecule has 9 N–H and O–H groups in total. The Labute approximate surface area is 477 Å². The summed E-state index contributed by atoms with van der Waals surface area (Å²) in [6.45, 7) is 15.4. The maximum Gasteiger partial charge on any atom is 0.408 e. The number of aliphatic carboxylic acids is 1. The largest absolute Gasteiger partial charge is 0.480 e. The first kappa shape index (κ1) is 67.3. The van der Waals surface area contributed by atoms with Crippen LogP contribution in [0.2, 0.25) is 0 Å². The predicted octanol–water partition coefficient (Wildman–Crippen LogP) is 2.85. The Kier molecular flexibility index (Phi) is 27.3. The van der Waals surface area contributed by atoms with Gasteiger partial charge in [-0.2, -0.15) is 0 Å². The van der Waals surface area contributed by atoms with Gasteiger partial charge in [-0.3, -0.25) is 43.2 Å². The second kappa shape index (κ2) is 32.9. The van der Waals surface area contributed by atoms with Crippen molar-refractivity contribution in [3.63, 3.8) is 0 Å². The van der Waals surface area contributed by atoms with Crippen molar-refractivity contribution in [2.45, 2.75) is 155 Å². The molecule has 0 saturated carbocycles. The van der Waals surface area contributed by atoms with Crippen molar-refractivity contribution >= 4 is 77.3 Å². The van der Waals surface area contributed by atoms with Gasteiger partial charge in [-0.05, 0) is 76.5 Å². The molecule has 0 unspecified atom stereocenters. The molecule has 3 aromatic carbocycles. The minimum absolute atomic E-state index is 0.0114. The van der Waals surface area contributed by atoms with Gasteiger partial charge in [0.25, 0.3) is 0 Å². The maximum absolute atomic E-state index is 14.0. The molecule has 0 fully saturated rings. The van der Waals surface area contributed by atoms with Crippen molar-refractivity contribution < 1.29 is 66.8 Å². The standard InChI is InChI=1S/C57H79N9O14S/c1-33(2)27-41(62-45(67)31-58-52(73)44(29-39-23-17-13-18-24-39)66(11)54(75)37(7)60-48(69)36(6)61-56(78)79-57(8,9)10)50(71)59-35(5)49(70)65-47(34(3)4)53(74)63-42(28-38-21-15-12-16-22-38)51(72)64-43(55(76)77)30-46(68)80-81-32-40-25-19-14-20-26-40/h12-26,33-37,41-44,47H,27-32H2,1-11H3,(H,58,73)(H,59,71)(H,60,69)(H,61,78)(H,62,67)(H,63,74)(H,64,72)(H,65,70)(H,76,77)/t35-,36-,37-,41-,42-,43-,44-,47-/m0/s1. The molecule has 0 bridgehead atoms. The van der Waals surface area contributed by atoms with Gasteiger partial charge in [-0.15, -0.1) is 0 Å². The second-order valence-corrected chi connectivity index (χ2v) is 21.9. The average molecular weight is 1150 g/mol. The minimum Gasteiger partial charge on any atom is -0.480 e. The first-order valence-electron chi connectivity index (χ1n) is 26.6. The number of amides is 9. The van der Waals surface area contributed by atoms with E-state index in [0.29, 0.717) is 16.9 Å². The number of rotatable bonds is 30. The number of ether oxygens (including phenoxy) is 1. The third kappa shape index (κ3) is 24.5. The number of hydrogen-bond donors (Lipinski definition) is 9. The second-order valence-electron chi connectivity index (χ2n) is 21.2. The Morgan fingerprint density at radius 2 is 1.05 bits per heavy atom. The normalized spacial score (nSPS) is 14.1. The zero-order chi connectivity index (χ0) is 60.6. The van der Waals surface area contributed by atoms with E-state index >= 15 is 0 Å². The summed E-state index contributed by atoms with van der Waals surface area (Å²) in [6.07, 6.45) is -1.55. The van der Waals surface area contributed by atoms with E-state index in [9.17, 15) is 57.8 Å². The summed E-state index contributed by atoms with van der Waals surface area (Å²) in [6, 6.07) is 16.1. The lowest BCUT2D eigenvalue weighted by Gasteiger charge is -2.30. The fraction of sp³-hybridized carbons (Fsp3) is 0.491. The number of carboxylic acids is 1. The van der Waals surface area contributed by atoms with E-state index in [1.807, 2.05) is 30.3 Å². The summed E-state index contributed by atoms with van der Waals surface area (Å²) in [4.78, 5) is 148. The van der Waals surface area contributed by atoms with E-state index in [1.54, 1.807) is 109 Å². The number of likely N-dealkylation sites (N-methyl/N-ethyl adjacent to an activating group) is 1. The highest BCUT2D eigenvalue weighted by molar-refractivity contribution is 7.94. The van der Waals surface area contributed by atoms with Crippen LogP contribution in [-0.4, -0.2) is 143 Å². The van der Waals surface area contributed by atoms with Gasteiger partial charge in [0, 0.05) is 19.9 Å². The van der Waals surface area contributed by atoms with E-state index in [-0.39, 0.29) is 25.2 Å². The van der Waals surface area contributed by atoms with E-state index in [4.69, 9.17) is 8.92 Å². The highest BCUT2D eigenvalue weighted by atomic mass is 32.2. The van der Waals surface area contributed by atoms with Gasteiger partial charge in [0.2, 0.25) is 47.3 Å². The van der Waals surface area contributed by atoms with Crippen molar-refractivity contribution in [3.05, 3.63) is 108 Å². The smallest absolute Gasteiger partial charge is 0.408 e. The number of hydrogen-bond acceptors (Lipinski definition) is 14. The summed E-state index contributed by atoms with van der Waals surface area (Å²) >= 11 is 0.808. The molecule has 3 rings (SSSR count). The Morgan fingerprint density at radius 3 is 1.58 bits per heavy atom. The van der Waals surface area contributed by atoms with Crippen LogP contribution >= 0.6 is 12.0 Å². The molecule has 0 aliphatic rings.